The molecule has 0 saturated carbocycles. The molecule has 0 atom stereocenters. The third-order valence-electron chi connectivity index (χ3n) is 8.99. The van der Waals surface area contributed by atoms with E-state index in [1.807, 2.05) is 41.9 Å². The van der Waals surface area contributed by atoms with E-state index in [1.54, 1.807) is 43.4 Å². The molecule has 160 valence electrons. The summed E-state index contributed by atoms with van der Waals surface area (Å²) in [5.41, 5.74) is 0. The molecule has 3 heteroatoms. The predicted molar refractivity (Wildman–Crippen MR) is 135 cm³/mol. The van der Waals surface area contributed by atoms with Crippen LogP contribution < -0.4 is 0 Å². The van der Waals surface area contributed by atoms with Crippen LogP contribution in [0, 0.1) is 0 Å². The van der Waals surface area contributed by atoms with Crippen molar-refractivity contribution in [2.45, 2.75) is 139 Å². The maximum atomic E-state index is 2.43. The average molecular weight is 606 g/mol. The van der Waals surface area contributed by atoms with Gasteiger partial charge in [-0.2, -0.15) is 0 Å². The van der Waals surface area contributed by atoms with Gasteiger partial charge in [-0.25, -0.2) is 0 Å². The van der Waals surface area contributed by atoms with Gasteiger partial charge in [0.1, 0.15) is 0 Å². The maximum absolute atomic E-state index is 2.43. The van der Waals surface area contributed by atoms with Crippen LogP contribution in [0.5, 0.6) is 0 Å². The summed E-state index contributed by atoms with van der Waals surface area (Å²) in [5.74, 6) is 0. The molecular formula is C24H52SiSn2. The summed E-state index contributed by atoms with van der Waals surface area (Å²) in [7, 11) is -0.799. The van der Waals surface area contributed by atoms with E-state index in [-0.39, 0.29) is 0 Å². The van der Waals surface area contributed by atoms with Gasteiger partial charge in [0.05, 0.1) is 0 Å². The van der Waals surface area contributed by atoms with Crippen molar-refractivity contribution in [2.75, 3.05) is 0 Å². The monoisotopic (exact) mass is 608 g/mol. The molecule has 0 bridgehead atoms. The van der Waals surface area contributed by atoms with E-state index in [0.717, 1.165) is 0 Å². The second kappa shape index (κ2) is 12.6. The van der Waals surface area contributed by atoms with Gasteiger partial charge in [0.15, 0.2) is 0 Å². The van der Waals surface area contributed by atoms with Gasteiger partial charge in [0.25, 0.3) is 0 Å². The molecule has 0 aromatic heterocycles. The van der Waals surface area contributed by atoms with Gasteiger partial charge >= 0.3 is 184 Å². The SMILES string of the molecule is CCC[CH2][Sn]1([CH2]CCC)[CH2]C[Si]2(C[CH2]1)C[CH2][Sn]([CH2]CCC)([CH2]CCC)[CH2]C2. The Morgan fingerprint density at radius 1 is 0.481 bits per heavy atom. The Kier molecular flexibility index (Phi) is 11.7. The predicted octanol–water partition coefficient (Wildman–Crippen LogP) is 9.56. The zero-order chi connectivity index (χ0) is 19.6. The standard InChI is InChI=1S/C8H16Si.4C4H9.2Sn/c1-5-9(6-2,7-3)8-4;4*1-3-4-2;;/h1-8H2;4*1,3-4H2,2H3;;. The first-order chi connectivity index (χ1) is 13.1. The van der Waals surface area contributed by atoms with Crippen LogP contribution in [0.2, 0.25) is 59.7 Å². The average Bonchev–Trinajstić information content (AvgIpc) is 2.72. The third kappa shape index (κ3) is 7.47. The molecule has 2 aliphatic rings. The molecule has 2 fully saturated rings. The summed E-state index contributed by atoms with van der Waals surface area (Å²) in [6.45, 7) is 9.72. The fourth-order valence-corrected chi connectivity index (χ4v) is 69.8. The molecule has 0 nitrogen and oxygen atoms in total. The molecule has 2 heterocycles. The van der Waals surface area contributed by atoms with E-state index in [9.17, 15) is 0 Å². The van der Waals surface area contributed by atoms with Crippen LogP contribution in [0.25, 0.3) is 0 Å². The molecule has 2 rings (SSSR count). The molecule has 0 N–H and O–H groups in total. The molecule has 1 spiro atoms. The molecule has 27 heavy (non-hydrogen) atoms. The number of rotatable bonds is 12. The van der Waals surface area contributed by atoms with Gasteiger partial charge in [-0.3, -0.25) is 0 Å². The second-order valence-electron chi connectivity index (χ2n) is 10.9. The van der Waals surface area contributed by atoms with E-state index in [0.29, 0.717) is 0 Å². The number of unbranched alkanes of at least 4 members (excludes halogenated alkanes) is 4. The Balaban J connectivity index is 1.93. The van der Waals surface area contributed by atoms with Crippen molar-refractivity contribution >= 4 is 44.8 Å². The van der Waals surface area contributed by atoms with Crippen LogP contribution in [-0.4, -0.2) is 44.8 Å². The van der Waals surface area contributed by atoms with Crippen LogP contribution in [0.4, 0.5) is 0 Å². The van der Waals surface area contributed by atoms with Gasteiger partial charge in [-0.05, 0) is 0 Å². The van der Waals surface area contributed by atoms with E-state index < -0.39 is 44.8 Å². The molecule has 0 radical (unpaired) electrons. The van der Waals surface area contributed by atoms with Crippen LogP contribution in [0.3, 0.4) is 0 Å². The molecule has 0 aliphatic carbocycles. The summed E-state index contributed by atoms with van der Waals surface area (Å²) in [4.78, 5) is 0. The summed E-state index contributed by atoms with van der Waals surface area (Å²) in [5, 5.41) is 0. The van der Waals surface area contributed by atoms with Gasteiger partial charge < -0.3 is 0 Å². The van der Waals surface area contributed by atoms with E-state index in [4.69, 9.17) is 0 Å². The van der Waals surface area contributed by atoms with Crippen molar-refractivity contribution in [3.8, 4) is 0 Å². The Hall–Kier alpha value is 1.81. The topological polar surface area (TPSA) is 0 Å². The Morgan fingerprint density at radius 2 is 0.741 bits per heavy atom. The summed E-state index contributed by atoms with van der Waals surface area (Å²) in [6.07, 6.45) is 12.2. The Labute approximate surface area is 182 Å². The third-order valence-corrected chi connectivity index (χ3v) is 51.0. The zero-order valence-electron chi connectivity index (χ0n) is 19.6. The van der Waals surface area contributed by atoms with Crippen molar-refractivity contribution < 1.29 is 0 Å². The minimum atomic E-state index is -1.70. The van der Waals surface area contributed by atoms with Crippen molar-refractivity contribution in [2.24, 2.45) is 0 Å². The molecule has 2 aliphatic heterocycles. The van der Waals surface area contributed by atoms with Crippen molar-refractivity contribution in [3.63, 3.8) is 0 Å². The molecule has 0 aromatic rings. The summed E-state index contributed by atoms with van der Waals surface area (Å²) in [6, 6.07) is 7.33. The summed E-state index contributed by atoms with van der Waals surface area (Å²) >= 11 is -3.40. The number of hydrogen-bond donors (Lipinski definition) is 0. The van der Waals surface area contributed by atoms with Gasteiger partial charge in [0, 0.05) is 0 Å². The first kappa shape index (κ1) is 25.1. The van der Waals surface area contributed by atoms with Crippen LogP contribution in [0.1, 0.15) is 79.1 Å². The van der Waals surface area contributed by atoms with Gasteiger partial charge in [-0.15, -0.1) is 0 Å². The molecule has 2 saturated heterocycles. The van der Waals surface area contributed by atoms with Crippen LogP contribution >= 0.6 is 0 Å². The zero-order valence-corrected chi connectivity index (χ0v) is 26.4. The number of hydrogen-bond acceptors (Lipinski definition) is 0. The normalized spacial score (nSPS) is 23.6. The van der Waals surface area contributed by atoms with Crippen molar-refractivity contribution in [1.29, 1.82) is 0 Å². The van der Waals surface area contributed by atoms with Crippen LogP contribution in [0.15, 0.2) is 0 Å². The quantitative estimate of drug-likeness (QED) is 0.194. The van der Waals surface area contributed by atoms with E-state index in [2.05, 4.69) is 27.7 Å². The van der Waals surface area contributed by atoms with Crippen molar-refractivity contribution in [3.05, 3.63) is 0 Å². The Bertz CT molecular complexity index is 332. The molecular weight excluding hydrogens is 554 g/mol. The first-order valence-electron chi connectivity index (χ1n) is 13.1. The van der Waals surface area contributed by atoms with Gasteiger partial charge in [0.2, 0.25) is 0 Å². The molecule has 0 unspecified atom stereocenters. The molecule has 0 amide bonds. The second-order valence-corrected chi connectivity index (χ2v) is 44.5. The van der Waals surface area contributed by atoms with Gasteiger partial charge in [-0.1, -0.05) is 0 Å². The summed E-state index contributed by atoms with van der Waals surface area (Å²) < 4.78 is 14.5. The first-order valence-corrected chi connectivity index (χ1v) is 32.0. The van der Waals surface area contributed by atoms with E-state index >= 15 is 0 Å². The van der Waals surface area contributed by atoms with Crippen molar-refractivity contribution in [1.82, 2.24) is 0 Å². The molecule has 0 aromatic carbocycles. The Morgan fingerprint density at radius 3 is 0.963 bits per heavy atom. The van der Waals surface area contributed by atoms with E-state index in [1.165, 1.54) is 25.7 Å². The minimum absolute atomic E-state index is 0.799. The van der Waals surface area contributed by atoms with Crippen LogP contribution in [-0.2, 0) is 0 Å². The fourth-order valence-electron chi connectivity index (χ4n) is 6.58. The fraction of sp³-hybridized carbons (Fsp3) is 1.00.